The number of carbonyl (C=O) groups excluding carboxylic acids is 2. The second-order valence-electron chi connectivity index (χ2n) is 6.38. The summed E-state index contributed by atoms with van der Waals surface area (Å²) < 4.78 is 34.6. The summed E-state index contributed by atoms with van der Waals surface area (Å²) in [5.74, 6) is -0.626. The lowest BCUT2D eigenvalue weighted by Gasteiger charge is -2.32. The first-order valence-electron chi connectivity index (χ1n) is 8.87. The smallest absolute Gasteiger partial charge is 0.387 e. The van der Waals surface area contributed by atoms with Gasteiger partial charge in [-0.05, 0) is 29.3 Å². The summed E-state index contributed by atoms with van der Waals surface area (Å²) >= 11 is 0. The molecule has 0 aliphatic carbocycles. The van der Waals surface area contributed by atoms with Crippen LogP contribution in [0.4, 0.5) is 14.5 Å². The molecule has 1 aliphatic rings. The first kappa shape index (κ1) is 20.3. The number of hydrogen-bond donors (Lipinski definition) is 1. The van der Waals surface area contributed by atoms with Gasteiger partial charge in [0.2, 0.25) is 11.8 Å². The Morgan fingerprint density at radius 3 is 2.62 bits per heavy atom. The zero-order chi connectivity index (χ0) is 21.0. The Labute approximate surface area is 166 Å². The van der Waals surface area contributed by atoms with Crippen LogP contribution in [0.3, 0.4) is 0 Å². The van der Waals surface area contributed by atoms with Crippen molar-refractivity contribution in [1.29, 1.82) is 0 Å². The summed E-state index contributed by atoms with van der Waals surface area (Å²) in [6.45, 7) is -1.59. The summed E-state index contributed by atoms with van der Waals surface area (Å²) in [5.41, 5.74) is 2.07. The lowest BCUT2D eigenvalue weighted by molar-refractivity contribution is -0.129. The molecule has 0 bridgehead atoms. The number of ether oxygens (including phenoxy) is 2. The first-order valence-corrected chi connectivity index (χ1v) is 8.87. The Morgan fingerprint density at radius 2 is 1.93 bits per heavy atom. The van der Waals surface area contributed by atoms with Crippen molar-refractivity contribution in [2.45, 2.75) is 26.0 Å². The van der Waals surface area contributed by atoms with Gasteiger partial charge < -0.3 is 19.7 Å². The van der Waals surface area contributed by atoms with Crippen LogP contribution in [0.25, 0.3) is 6.08 Å². The number of rotatable bonds is 6. The molecular formula is C21H20F2N2O4. The van der Waals surface area contributed by atoms with Crippen molar-refractivity contribution >= 4 is 23.6 Å². The van der Waals surface area contributed by atoms with Crippen LogP contribution in [0, 0.1) is 0 Å². The number of fused-ring (bicyclic) bond motifs is 1. The molecular weight excluding hydrogens is 382 g/mol. The minimum Gasteiger partial charge on any atom is -0.493 e. The quantitative estimate of drug-likeness (QED) is 0.786. The van der Waals surface area contributed by atoms with Gasteiger partial charge in [0.1, 0.15) is 0 Å². The molecule has 29 heavy (non-hydrogen) atoms. The number of methoxy groups -OCH3 is 1. The highest BCUT2D eigenvalue weighted by Crippen LogP contribution is 2.34. The minimum atomic E-state index is -3.02. The standard InChI is InChI=1S/C21H20F2N2O4/c1-13(26)25-10-9-14-5-3-4-6-16(14)17(25)12-20(27)24-15-7-8-18(28-2)19(11-15)29-21(22)23/h3-11,17,21H,12H2,1-2H3,(H,24,27). The number of amides is 2. The van der Waals surface area contributed by atoms with Crippen molar-refractivity contribution < 1.29 is 27.8 Å². The van der Waals surface area contributed by atoms with E-state index in [2.05, 4.69) is 10.1 Å². The molecule has 8 heteroatoms. The van der Waals surface area contributed by atoms with E-state index in [1.165, 1.54) is 37.1 Å². The Bertz CT molecular complexity index is 946. The van der Waals surface area contributed by atoms with Gasteiger partial charge in [-0.2, -0.15) is 8.78 Å². The molecule has 0 aromatic heterocycles. The highest BCUT2D eigenvalue weighted by atomic mass is 19.3. The maximum absolute atomic E-state index is 12.7. The molecule has 1 aliphatic heterocycles. The maximum atomic E-state index is 12.7. The molecule has 0 saturated heterocycles. The average molecular weight is 402 g/mol. The van der Waals surface area contributed by atoms with Crippen LogP contribution in [0.1, 0.15) is 30.5 Å². The molecule has 1 heterocycles. The lowest BCUT2D eigenvalue weighted by Crippen LogP contribution is -2.33. The number of hydrogen-bond acceptors (Lipinski definition) is 4. The van der Waals surface area contributed by atoms with Crippen LogP contribution in [0.15, 0.2) is 48.7 Å². The zero-order valence-corrected chi connectivity index (χ0v) is 15.9. The molecule has 2 aromatic carbocycles. The van der Waals surface area contributed by atoms with Gasteiger partial charge in [-0.25, -0.2) is 0 Å². The van der Waals surface area contributed by atoms with E-state index in [9.17, 15) is 18.4 Å². The van der Waals surface area contributed by atoms with Crippen molar-refractivity contribution in [3.05, 3.63) is 59.8 Å². The van der Waals surface area contributed by atoms with E-state index in [1.54, 1.807) is 6.20 Å². The topological polar surface area (TPSA) is 67.9 Å². The predicted octanol–water partition coefficient (Wildman–Crippen LogP) is 4.20. The molecule has 0 saturated carbocycles. The van der Waals surface area contributed by atoms with E-state index in [1.807, 2.05) is 30.3 Å². The van der Waals surface area contributed by atoms with Crippen LogP contribution in [0.2, 0.25) is 0 Å². The van der Waals surface area contributed by atoms with Gasteiger partial charge in [0, 0.05) is 24.9 Å². The van der Waals surface area contributed by atoms with E-state index in [0.29, 0.717) is 0 Å². The Morgan fingerprint density at radius 1 is 1.17 bits per heavy atom. The van der Waals surface area contributed by atoms with E-state index in [0.717, 1.165) is 11.1 Å². The van der Waals surface area contributed by atoms with Crippen LogP contribution in [-0.4, -0.2) is 30.4 Å². The van der Waals surface area contributed by atoms with E-state index in [-0.39, 0.29) is 35.4 Å². The van der Waals surface area contributed by atoms with E-state index < -0.39 is 12.7 Å². The van der Waals surface area contributed by atoms with Crippen molar-refractivity contribution in [3.8, 4) is 11.5 Å². The van der Waals surface area contributed by atoms with Gasteiger partial charge in [0.25, 0.3) is 0 Å². The van der Waals surface area contributed by atoms with E-state index >= 15 is 0 Å². The molecule has 2 amide bonds. The van der Waals surface area contributed by atoms with Gasteiger partial charge in [-0.3, -0.25) is 9.59 Å². The van der Waals surface area contributed by atoms with Gasteiger partial charge in [-0.1, -0.05) is 24.3 Å². The third-order valence-electron chi connectivity index (χ3n) is 4.51. The number of nitrogens with zero attached hydrogens (tertiary/aromatic N) is 1. The molecule has 1 unspecified atom stereocenters. The Kier molecular flexibility index (Phi) is 6.11. The van der Waals surface area contributed by atoms with Gasteiger partial charge in [-0.15, -0.1) is 0 Å². The summed E-state index contributed by atoms with van der Waals surface area (Å²) in [6, 6.07) is 11.2. The fourth-order valence-corrected chi connectivity index (χ4v) is 3.24. The van der Waals surface area contributed by atoms with Gasteiger partial charge in [0.15, 0.2) is 11.5 Å². The molecule has 2 aromatic rings. The number of alkyl halides is 2. The van der Waals surface area contributed by atoms with Crippen LogP contribution >= 0.6 is 0 Å². The fourth-order valence-electron chi connectivity index (χ4n) is 3.24. The highest BCUT2D eigenvalue weighted by Gasteiger charge is 2.28. The number of halogens is 2. The highest BCUT2D eigenvalue weighted by molar-refractivity contribution is 5.92. The SMILES string of the molecule is COc1ccc(NC(=O)CC2c3ccccc3C=CN2C(C)=O)cc1OC(F)F. The number of nitrogens with one attached hydrogen (secondary N) is 1. The average Bonchev–Trinajstić information content (AvgIpc) is 2.67. The largest absolute Gasteiger partial charge is 0.493 e. The maximum Gasteiger partial charge on any atom is 0.387 e. The van der Waals surface area contributed by atoms with Gasteiger partial charge in [0.05, 0.1) is 19.6 Å². The van der Waals surface area contributed by atoms with Gasteiger partial charge >= 0.3 is 6.61 Å². The normalized spacial score (nSPS) is 15.1. The summed E-state index contributed by atoms with van der Waals surface area (Å²) in [4.78, 5) is 26.2. The summed E-state index contributed by atoms with van der Waals surface area (Å²) in [6.07, 6.45) is 3.48. The molecule has 0 fully saturated rings. The molecule has 1 N–H and O–H groups in total. The fraction of sp³-hybridized carbons (Fsp3) is 0.238. The molecule has 3 rings (SSSR count). The molecule has 0 spiro atoms. The van der Waals surface area contributed by atoms with Crippen molar-refractivity contribution in [2.24, 2.45) is 0 Å². The number of carbonyl (C=O) groups is 2. The summed E-state index contributed by atoms with van der Waals surface area (Å²) in [7, 11) is 1.33. The van der Waals surface area contributed by atoms with Crippen molar-refractivity contribution in [2.75, 3.05) is 12.4 Å². The second kappa shape index (κ2) is 8.72. The summed E-state index contributed by atoms with van der Waals surface area (Å²) in [5, 5.41) is 2.66. The Balaban J connectivity index is 1.79. The van der Waals surface area contributed by atoms with Crippen molar-refractivity contribution in [3.63, 3.8) is 0 Å². The third-order valence-corrected chi connectivity index (χ3v) is 4.51. The molecule has 6 nitrogen and oxygen atoms in total. The molecule has 0 radical (unpaired) electrons. The lowest BCUT2D eigenvalue weighted by atomic mass is 9.93. The number of anilines is 1. The predicted molar refractivity (Wildman–Crippen MR) is 104 cm³/mol. The zero-order valence-electron chi connectivity index (χ0n) is 15.9. The first-order chi connectivity index (χ1) is 13.9. The van der Waals surface area contributed by atoms with Crippen LogP contribution in [0.5, 0.6) is 11.5 Å². The van der Waals surface area contributed by atoms with Crippen LogP contribution < -0.4 is 14.8 Å². The Hall–Kier alpha value is -3.42. The van der Waals surface area contributed by atoms with E-state index in [4.69, 9.17) is 4.74 Å². The number of benzene rings is 2. The van der Waals surface area contributed by atoms with Crippen molar-refractivity contribution in [1.82, 2.24) is 4.90 Å². The van der Waals surface area contributed by atoms with Crippen LogP contribution in [-0.2, 0) is 9.59 Å². The molecule has 152 valence electrons. The minimum absolute atomic E-state index is 0.00198. The third kappa shape index (κ3) is 4.71. The molecule has 1 atom stereocenters. The monoisotopic (exact) mass is 402 g/mol. The second-order valence-corrected chi connectivity index (χ2v) is 6.38.